The summed E-state index contributed by atoms with van der Waals surface area (Å²) in [5.74, 6) is 0. The lowest BCUT2D eigenvalue weighted by Gasteiger charge is -2.27. The van der Waals surface area contributed by atoms with Crippen LogP contribution < -0.4 is 0 Å². The van der Waals surface area contributed by atoms with E-state index in [1.165, 1.54) is 10.6 Å². The summed E-state index contributed by atoms with van der Waals surface area (Å²) in [7, 11) is -1.76. The highest BCUT2D eigenvalue weighted by Crippen LogP contribution is 2.29. The summed E-state index contributed by atoms with van der Waals surface area (Å²) >= 11 is 5.89. The van der Waals surface area contributed by atoms with Crippen LogP contribution in [0.3, 0.4) is 0 Å². The first-order valence-corrected chi connectivity index (χ1v) is 8.20. The van der Waals surface area contributed by atoms with E-state index in [0.717, 1.165) is 11.1 Å². The molecule has 2 aromatic rings. The van der Waals surface area contributed by atoms with Crippen molar-refractivity contribution in [2.24, 2.45) is 0 Å². The summed E-state index contributed by atoms with van der Waals surface area (Å²) in [5, 5.41) is 0.615. The second-order valence-corrected chi connectivity index (χ2v) is 6.99. The van der Waals surface area contributed by atoms with Crippen molar-refractivity contribution in [2.75, 3.05) is 13.3 Å². The van der Waals surface area contributed by atoms with Crippen molar-refractivity contribution >= 4 is 21.6 Å². The molecule has 0 radical (unpaired) electrons. The Hall–Kier alpha value is -1.43. The van der Waals surface area contributed by atoms with Gasteiger partial charge in [-0.05, 0) is 35.4 Å². The maximum atomic E-state index is 11.9. The molecule has 1 heterocycles. The summed E-state index contributed by atoms with van der Waals surface area (Å²) in [6, 6.07) is 10.4. The number of hydrogen-bond donors (Lipinski definition) is 0. The van der Waals surface area contributed by atoms with Crippen LogP contribution in [0.2, 0.25) is 5.02 Å². The van der Waals surface area contributed by atoms with E-state index in [1.807, 2.05) is 12.1 Å². The van der Waals surface area contributed by atoms with Gasteiger partial charge in [-0.1, -0.05) is 23.7 Å². The molecule has 2 rings (SSSR count). The summed E-state index contributed by atoms with van der Waals surface area (Å²) in [5.41, 5.74) is 1.71. The lowest BCUT2D eigenvalue weighted by atomic mass is 10.00. The molecule has 0 aliphatic heterocycles. The van der Waals surface area contributed by atoms with Crippen LogP contribution in [0, 0.1) is 0 Å². The molecule has 20 heavy (non-hydrogen) atoms. The second-order valence-electron chi connectivity index (χ2n) is 4.51. The highest BCUT2D eigenvalue weighted by atomic mass is 35.5. The molecule has 1 atom stereocenters. The van der Waals surface area contributed by atoms with Gasteiger partial charge in [-0.25, -0.2) is 8.42 Å². The number of rotatable bonds is 4. The van der Waals surface area contributed by atoms with Crippen LogP contribution in [0.25, 0.3) is 0 Å². The van der Waals surface area contributed by atoms with Crippen LogP contribution in [0.4, 0.5) is 0 Å². The van der Waals surface area contributed by atoms with Crippen molar-refractivity contribution in [2.45, 2.75) is 6.04 Å². The van der Waals surface area contributed by atoms with E-state index in [4.69, 9.17) is 11.6 Å². The molecular formula is C14H15ClN2O2S. The molecule has 0 saturated carbocycles. The van der Waals surface area contributed by atoms with Gasteiger partial charge in [0.25, 0.3) is 0 Å². The number of nitrogens with zero attached hydrogens (tertiary/aromatic N) is 2. The molecule has 0 N–H and O–H groups in total. The van der Waals surface area contributed by atoms with Gasteiger partial charge in [-0.2, -0.15) is 4.31 Å². The number of benzene rings is 1. The Kier molecular flexibility index (Phi) is 4.42. The molecule has 1 aromatic carbocycles. The van der Waals surface area contributed by atoms with Crippen LogP contribution in [-0.4, -0.2) is 31.0 Å². The Bertz CT molecular complexity index is 672. The fourth-order valence-corrected chi connectivity index (χ4v) is 2.75. The summed E-state index contributed by atoms with van der Waals surface area (Å²) in [6.45, 7) is 0. The highest BCUT2D eigenvalue weighted by molar-refractivity contribution is 7.88. The van der Waals surface area contributed by atoms with Gasteiger partial charge < -0.3 is 0 Å². The van der Waals surface area contributed by atoms with Gasteiger partial charge in [0.05, 0.1) is 12.3 Å². The van der Waals surface area contributed by atoms with E-state index >= 15 is 0 Å². The maximum Gasteiger partial charge on any atom is 0.211 e. The Morgan fingerprint density at radius 3 is 2.05 bits per heavy atom. The minimum absolute atomic E-state index is 0.398. The van der Waals surface area contributed by atoms with E-state index in [9.17, 15) is 8.42 Å². The third-order valence-electron chi connectivity index (χ3n) is 3.09. The summed E-state index contributed by atoms with van der Waals surface area (Å²) < 4.78 is 25.1. The smallest absolute Gasteiger partial charge is 0.211 e. The third kappa shape index (κ3) is 3.36. The topological polar surface area (TPSA) is 50.3 Å². The summed E-state index contributed by atoms with van der Waals surface area (Å²) in [4.78, 5) is 3.97. The molecule has 0 amide bonds. The van der Waals surface area contributed by atoms with E-state index in [0.29, 0.717) is 5.02 Å². The van der Waals surface area contributed by atoms with E-state index in [2.05, 4.69) is 4.98 Å². The third-order valence-corrected chi connectivity index (χ3v) is 4.60. The molecule has 4 nitrogen and oxygen atoms in total. The average Bonchev–Trinajstić information content (AvgIpc) is 2.41. The van der Waals surface area contributed by atoms with Gasteiger partial charge in [0, 0.05) is 24.5 Å². The van der Waals surface area contributed by atoms with Gasteiger partial charge in [0.2, 0.25) is 10.0 Å². The normalized spacial score (nSPS) is 13.4. The molecule has 0 fully saturated rings. The molecule has 6 heteroatoms. The maximum absolute atomic E-state index is 11.9. The Balaban J connectivity index is 2.53. The van der Waals surface area contributed by atoms with Crippen molar-refractivity contribution in [3.05, 3.63) is 64.9 Å². The van der Waals surface area contributed by atoms with Gasteiger partial charge in [0.1, 0.15) is 0 Å². The van der Waals surface area contributed by atoms with Crippen molar-refractivity contribution in [3.63, 3.8) is 0 Å². The van der Waals surface area contributed by atoms with Crippen molar-refractivity contribution in [1.82, 2.24) is 9.29 Å². The Labute approximate surface area is 124 Å². The lowest BCUT2D eigenvalue weighted by molar-refractivity contribution is 0.422. The predicted molar refractivity (Wildman–Crippen MR) is 80.1 cm³/mol. The molecule has 0 aliphatic rings. The highest BCUT2D eigenvalue weighted by Gasteiger charge is 2.25. The van der Waals surface area contributed by atoms with Crippen molar-refractivity contribution in [3.8, 4) is 0 Å². The molecule has 1 unspecified atom stereocenters. The predicted octanol–water partition coefficient (Wildman–Crippen LogP) is 2.72. The van der Waals surface area contributed by atoms with Gasteiger partial charge in [0.15, 0.2) is 0 Å². The van der Waals surface area contributed by atoms with Crippen molar-refractivity contribution < 1.29 is 8.42 Å². The standard InChI is InChI=1S/C14H15ClN2O2S/c1-17(20(2,18)19)14(12-7-9-16-10-8-12)11-3-5-13(15)6-4-11/h3-10,14H,1-2H3. The molecule has 0 bridgehead atoms. The molecular weight excluding hydrogens is 296 g/mol. The van der Waals surface area contributed by atoms with Gasteiger partial charge in [-0.3, -0.25) is 4.98 Å². The first-order chi connectivity index (χ1) is 9.39. The molecule has 0 saturated heterocycles. The van der Waals surface area contributed by atoms with E-state index < -0.39 is 16.1 Å². The number of halogens is 1. The Morgan fingerprint density at radius 2 is 1.55 bits per heavy atom. The van der Waals surface area contributed by atoms with Gasteiger partial charge in [-0.15, -0.1) is 0 Å². The minimum Gasteiger partial charge on any atom is -0.265 e. The van der Waals surface area contributed by atoms with Crippen LogP contribution in [0.5, 0.6) is 0 Å². The summed E-state index contributed by atoms with van der Waals surface area (Å²) in [6.07, 6.45) is 4.49. The lowest BCUT2D eigenvalue weighted by Crippen LogP contribution is -2.31. The van der Waals surface area contributed by atoms with Crippen molar-refractivity contribution in [1.29, 1.82) is 0 Å². The Morgan fingerprint density at radius 1 is 1.05 bits per heavy atom. The van der Waals surface area contributed by atoms with Crippen LogP contribution in [0.15, 0.2) is 48.8 Å². The monoisotopic (exact) mass is 310 g/mol. The van der Waals surface area contributed by atoms with Crippen LogP contribution in [-0.2, 0) is 10.0 Å². The molecule has 1 aromatic heterocycles. The minimum atomic E-state index is -3.33. The van der Waals surface area contributed by atoms with Gasteiger partial charge >= 0.3 is 0 Å². The van der Waals surface area contributed by atoms with Crippen LogP contribution in [0.1, 0.15) is 17.2 Å². The average molecular weight is 311 g/mol. The number of sulfonamides is 1. The molecule has 0 spiro atoms. The quantitative estimate of drug-likeness (QED) is 0.872. The SMILES string of the molecule is CN(C(c1ccncc1)c1ccc(Cl)cc1)S(C)(=O)=O. The van der Waals surface area contributed by atoms with E-state index in [1.54, 1.807) is 43.7 Å². The first kappa shape index (κ1) is 15.0. The number of pyridine rings is 1. The largest absolute Gasteiger partial charge is 0.265 e. The first-order valence-electron chi connectivity index (χ1n) is 5.98. The zero-order valence-electron chi connectivity index (χ0n) is 11.2. The zero-order valence-corrected chi connectivity index (χ0v) is 12.8. The molecule has 106 valence electrons. The number of hydrogen-bond acceptors (Lipinski definition) is 3. The molecule has 0 aliphatic carbocycles. The fraction of sp³-hybridized carbons (Fsp3) is 0.214. The number of aromatic nitrogens is 1. The zero-order chi connectivity index (χ0) is 14.8. The second kappa shape index (κ2) is 5.91. The van der Waals surface area contributed by atoms with Crippen LogP contribution >= 0.6 is 11.6 Å². The van der Waals surface area contributed by atoms with E-state index in [-0.39, 0.29) is 0 Å². The fourth-order valence-electron chi connectivity index (χ4n) is 1.99.